The Kier molecular flexibility index (Phi) is 2.53. The van der Waals surface area contributed by atoms with Crippen LogP contribution in [0.2, 0.25) is 0 Å². The largest absolute Gasteiger partial charge is 0.120 e. The molecule has 0 amide bonds. The van der Waals surface area contributed by atoms with Gasteiger partial charge in [-0.25, -0.2) is 0 Å². The van der Waals surface area contributed by atoms with E-state index in [1.54, 1.807) is 0 Å². The lowest BCUT2D eigenvalue weighted by molar-refractivity contribution is -0.243. The number of hydrogen-bond acceptors (Lipinski definition) is 0. The zero-order valence-electron chi connectivity index (χ0n) is 15.9. The Labute approximate surface area is 153 Å². The van der Waals surface area contributed by atoms with E-state index in [0.717, 1.165) is 24.2 Å². The summed E-state index contributed by atoms with van der Waals surface area (Å²) >= 11 is 0. The molecule has 132 valence electrons. The molecule has 0 aromatic carbocycles. The molecule has 0 spiro atoms. The van der Waals surface area contributed by atoms with Crippen molar-refractivity contribution in [2.75, 3.05) is 0 Å². The molecule has 2 unspecified atom stereocenters. The maximum atomic E-state index is 6.23. The van der Waals surface area contributed by atoms with Crippen molar-refractivity contribution in [3.8, 4) is 24.7 Å². The fourth-order valence-electron chi connectivity index (χ4n) is 10.8. The van der Waals surface area contributed by atoms with E-state index < -0.39 is 0 Å². The highest BCUT2D eigenvalue weighted by molar-refractivity contribution is 5.31. The summed E-state index contributed by atoms with van der Waals surface area (Å²) in [7, 11) is 0. The monoisotopic (exact) mass is 332 g/mol. The van der Waals surface area contributed by atoms with E-state index in [2.05, 4.69) is 18.8 Å². The summed E-state index contributed by atoms with van der Waals surface area (Å²) in [5.74, 6) is 9.78. The molecule has 0 aromatic heterocycles. The van der Waals surface area contributed by atoms with Crippen LogP contribution in [0.25, 0.3) is 0 Å². The first kappa shape index (κ1) is 15.2. The zero-order chi connectivity index (χ0) is 17.1. The van der Waals surface area contributed by atoms with Crippen molar-refractivity contribution in [2.45, 2.75) is 84.0 Å². The molecule has 8 rings (SSSR count). The lowest BCUT2D eigenvalue weighted by Crippen LogP contribution is -2.67. The first-order valence-corrected chi connectivity index (χ1v) is 10.8. The van der Waals surface area contributed by atoms with E-state index in [1.807, 2.05) is 0 Å². The summed E-state index contributed by atoms with van der Waals surface area (Å²) < 4.78 is 0. The number of terminal acetylenes is 2. The highest BCUT2D eigenvalue weighted by Crippen LogP contribution is 2.81. The van der Waals surface area contributed by atoms with Crippen LogP contribution in [0.15, 0.2) is 0 Å². The maximum Gasteiger partial charge on any atom is 0.0337 e. The van der Waals surface area contributed by atoms with Crippen LogP contribution in [0, 0.1) is 69.5 Å². The molecule has 0 aromatic rings. The second kappa shape index (κ2) is 4.16. The molecule has 8 saturated carbocycles. The molecule has 8 aliphatic rings. The third-order valence-corrected chi connectivity index (χ3v) is 10.1. The first-order chi connectivity index (χ1) is 11.8. The Morgan fingerprint density at radius 1 is 0.640 bits per heavy atom. The Hall–Kier alpha value is -0.880. The predicted octanol–water partition coefficient (Wildman–Crippen LogP) is 5.82. The summed E-state index contributed by atoms with van der Waals surface area (Å²) in [6.45, 7) is 2.54. The van der Waals surface area contributed by atoms with Crippen molar-refractivity contribution in [2.24, 2.45) is 44.8 Å². The summed E-state index contributed by atoms with van der Waals surface area (Å²) in [6.07, 6.45) is 29.3. The summed E-state index contributed by atoms with van der Waals surface area (Å²) in [5.41, 5.74) is 1.68. The normalized spacial score (nSPS) is 63.4. The van der Waals surface area contributed by atoms with Crippen LogP contribution < -0.4 is 0 Å². The minimum atomic E-state index is 0.110. The van der Waals surface area contributed by atoms with Gasteiger partial charge in [0.1, 0.15) is 0 Å². The molecule has 2 atom stereocenters. The minimum absolute atomic E-state index is 0.110. The molecule has 8 bridgehead atoms. The Morgan fingerprint density at radius 3 is 1.56 bits per heavy atom. The standard InChI is InChI=1S/C25H32/c1-4-22-12-21(3)13-23(5-2,15-22)17-25(14-21,16-22)24-9-18-6-19(10-24)8-20(7-18)11-24/h1-2,18-20H,6-17H2,3H3. The highest BCUT2D eigenvalue weighted by atomic mass is 14.8. The average molecular weight is 333 g/mol. The van der Waals surface area contributed by atoms with Crippen molar-refractivity contribution in [3.63, 3.8) is 0 Å². The Bertz CT molecular complexity index is 659. The van der Waals surface area contributed by atoms with Gasteiger partial charge in [0, 0.05) is 10.8 Å². The van der Waals surface area contributed by atoms with E-state index in [4.69, 9.17) is 12.8 Å². The Morgan fingerprint density at radius 2 is 1.12 bits per heavy atom. The zero-order valence-corrected chi connectivity index (χ0v) is 15.9. The smallest absolute Gasteiger partial charge is 0.0337 e. The fourth-order valence-corrected chi connectivity index (χ4v) is 10.8. The average Bonchev–Trinajstić information content (AvgIpc) is 2.51. The fraction of sp³-hybridized carbons (Fsp3) is 0.840. The van der Waals surface area contributed by atoms with Gasteiger partial charge in [0.2, 0.25) is 0 Å². The molecule has 0 heterocycles. The van der Waals surface area contributed by atoms with Crippen LogP contribution in [0.1, 0.15) is 84.0 Å². The van der Waals surface area contributed by atoms with Crippen molar-refractivity contribution >= 4 is 0 Å². The Balaban J connectivity index is 1.52. The molecular formula is C25H32. The van der Waals surface area contributed by atoms with Crippen LogP contribution in [-0.4, -0.2) is 0 Å². The number of hydrogen-bond donors (Lipinski definition) is 0. The predicted molar refractivity (Wildman–Crippen MR) is 101 cm³/mol. The van der Waals surface area contributed by atoms with Crippen LogP contribution in [-0.2, 0) is 0 Å². The van der Waals surface area contributed by atoms with Gasteiger partial charge < -0.3 is 0 Å². The van der Waals surface area contributed by atoms with Gasteiger partial charge in [-0.05, 0) is 111 Å². The van der Waals surface area contributed by atoms with Crippen molar-refractivity contribution in [1.29, 1.82) is 0 Å². The summed E-state index contributed by atoms with van der Waals surface area (Å²) in [5, 5.41) is 0. The van der Waals surface area contributed by atoms with Gasteiger partial charge in [0.15, 0.2) is 0 Å². The highest BCUT2D eigenvalue weighted by Gasteiger charge is 2.72. The summed E-state index contributed by atoms with van der Waals surface area (Å²) in [6, 6.07) is 0. The third kappa shape index (κ3) is 1.73. The molecule has 8 aliphatic carbocycles. The molecule has 8 fully saturated rings. The first-order valence-electron chi connectivity index (χ1n) is 10.8. The van der Waals surface area contributed by atoms with E-state index >= 15 is 0 Å². The lowest BCUT2D eigenvalue weighted by atomic mass is 9.28. The van der Waals surface area contributed by atoms with E-state index in [0.29, 0.717) is 16.2 Å². The van der Waals surface area contributed by atoms with Gasteiger partial charge in [-0.1, -0.05) is 18.8 Å². The quantitative estimate of drug-likeness (QED) is 0.531. The van der Waals surface area contributed by atoms with Crippen molar-refractivity contribution < 1.29 is 0 Å². The van der Waals surface area contributed by atoms with Gasteiger partial charge in [-0.2, -0.15) is 0 Å². The van der Waals surface area contributed by atoms with Gasteiger partial charge in [0.05, 0.1) is 0 Å². The van der Waals surface area contributed by atoms with Crippen LogP contribution in [0.5, 0.6) is 0 Å². The minimum Gasteiger partial charge on any atom is -0.120 e. The van der Waals surface area contributed by atoms with Gasteiger partial charge in [-0.3, -0.25) is 0 Å². The van der Waals surface area contributed by atoms with E-state index in [9.17, 15) is 0 Å². The SMILES string of the molecule is C#CC12CC3(C)CC(C#C)(C1)CC(C14CC5CC(CC(C5)C1)C4)(C3)C2. The van der Waals surface area contributed by atoms with E-state index in [-0.39, 0.29) is 10.8 Å². The molecular weight excluding hydrogens is 300 g/mol. The molecule has 0 N–H and O–H groups in total. The van der Waals surface area contributed by atoms with Crippen molar-refractivity contribution in [1.82, 2.24) is 0 Å². The van der Waals surface area contributed by atoms with Gasteiger partial charge >= 0.3 is 0 Å². The molecule has 0 nitrogen and oxygen atoms in total. The molecule has 0 heteroatoms. The van der Waals surface area contributed by atoms with Gasteiger partial charge in [0.25, 0.3) is 0 Å². The maximum absolute atomic E-state index is 6.23. The van der Waals surface area contributed by atoms with Crippen LogP contribution >= 0.6 is 0 Å². The topological polar surface area (TPSA) is 0 Å². The van der Waals surface area contributed by atoms with Crippen LogP contribution in [0.4, 0.5) is 0 Å². The second-order valence-electron chi connectivity index (χ2n) is 12.2. The van der Waals surface area contributed by atoms with E-state index in [1.165, 1.54) is 70.6 Å². The molecule has 0 aliphatic heterocycles. The molecule has 25 heavy (non-hydrogen) atoms. The number of rotatable bonds is 1. The lowest BCUT2D eigenvalue weighted by Gasteiger charge is -2.75. The summed E-state index contributed by atoms with van der Waals surface area (Å²) in [4.78, 5) is 0. The van der Waals surface area contributed by atoms with Gasteiger partial charge in [-0.15, -0.1) is 12.8 Å². The third-order valence-electron chi connectivity index (χ3n) is 10.1. The van der Waals surface area contributed by atoms with Crippen LogP contribution in [0.3, 0.4) is 0 Å². The van der Waals surface area contributed by atoms with Crippen molar-refractivity contribution in [3.05, 3.63) is 0 Å². The molecule has 0 saturated heterocycles. The molecule has 0 radical (unpaired) electrons. The second-order valence-corrected chi connectivity index (χ2v) is 12.2.